The Morgan fingerprint density at radius 1 is 1.14 bits per heavy atom. The summed E-state index contributed by atoms with van der Waals surface area (Å²) in [5.41, 5.74) is -1.04. The van der Waals surface area contributed by atoms with Crippen LogP contribution in [0.2, 0.25) is 0 Å². The van der Waals surface area contributed by atoms with Gasteiger partial charge in [0.25, 0.3) is 0 Å². The van der Waals surface area contributed by atoms with E-state index in [2.05, 4.69) is 4.98 Å². The molecular formula is C16H14F3NO. The van der Waals surface area contributed by atoms with Crippen LogP contribution in [0.4, 0.5) is 13.2 Å². The highest BCUT2D eigenvalue weighted by Gasteiger charge is 2.68. The third-order valence-electron chi connectivity index (χ3n) is 3.73. The normalized spacial score (nSPS) is 21.4. The number of aromatic nitrogens is 1. The monoisotopic (exact) mass is 293 g/mol. The number of hydrogen-bond donors (Lipinski definition) is 0. The van der Waals surface area contributed by atoms with Crippen molar-refractivity contribution < 1.29 is 17.9 Å². The molecule has 110 valence electrons. The molecule has 1 aromatic heterocycles. The number of hydrogen-bond acceptors (Lipinski definition) is 2. The average Bonchev–Trinajstić information content (AvgIpc) is 3.21. The Morgan fingerprint density at radius 2 is 1.81 bits per heavy atom. The molecule has 5 heteroatoms. The number of epoxide rings is 1. The molecule has 1 aliphatic heterocycles. The van der Waals surface area contributed by atoms with Gasteiger partial charge in [0.2, 0.25) is 0 Å². The highest BCUT2D eigenvalue weighted by atomic mass is 19.3. The van der Waals surface area contributed by atoms with Crippen molar-refractivity contribution in [3.63, 3.8) is 0 Å². The van der Waals surface area contributed by atoms with Gasteiger partial charge in [-0.25, -0.2) is 4.39 Å². The van der Waals surface area contributed by atoms with Crippen molar-refractivity contribution >= 4 is 0 Å². The second kappa shape index (κ2) is 4.56. The fraction of sp³-hybridized carbons (Fsp3) is 0.312. The molecule has 0 saturated carbocycles. The van der Waals surface area contributed by atoms with Gasteiger partial charge in [-0.15, -0.1) is 0 Å². The minimum absolute atomic E-state index is 0.125. The second-order valence-corrected chi connectivity index (χ2v) is 5.39. The third kappa shape index (κ3) is 2.12. The van der Waals surface area contributed by atoms with Crippen molar-refractivity contribution in [1.29, 1.82) is 0 Å². The number of rotatable bonds is 3. The molecule has 0 spiro atoms. The maximum Gasteiger partial charge on any atom is 0.324 e. The van der Waals surface area contributed by atoms with Crippen LogP contribution >= 0.6 is 0 Å². The first-order valence-electron chi connectivity index (χ1n) is 6.58. The molecule has 1 saturated heterocycles. The molecule has 21 heavy (non-hydrogen) atoms. The first-order valence-corrected chi connectivity index (χ1v) is 6.58. The second-order valence-electron chi connectivity index (χ2n) is 5.39. The van der Waals surface area contributed by atoms with E-state index in [9.17, 15) is 13.2 Å². The van der Waals surface area contributed by atoms with Crippen molar-refractivity contribution in [2.75, 3.05) is 6.61 Å². The average molecular weight is 293 g/mol. The fourth-order valence-corrected chi connectivity index (χ4v) is 2.39. The molecule has 1 atom stereocenters. The summed E-state index contributed by atoms with van der Waals surface area (Å²) in [6.07, 6.45) is 1.37. The summed E-state index contributed by atoms with van der Waals surface area (Å²) in [5, 5.41) is 0. The van der Waals surface area contributed by atoms with Crippen LogP contribution in [0.3, 0.4) is 0 Å². The van der Waals surface area contributed by atoms with Gasteiger partial charge in [0, 0.05) is 11.8 Å². The standard InChI is InChI=1S/C16H14F3NO/c1-10-3-5-12(13(17)7-10)15(9-21-15)16(18,19)14-6-4-11(2)8-20-14/h3-8H,9H2,1-2H3/t15-/m1/s1. The molecule has 2 heterocycles. The SMILES string of the molecule is Cc1ccc(C(F)(F)[C@]2(c3ccc(C)cc3F)CO2)nc1. The van der Waals surface area contributed by atoms with Crippen LogP contribution in [0.25, 0.3) is 0 Å². The van der Waals surface area contributed by atoms with E-state index < -0.39 is 23.0 Å². The summed E-state index contributed by atoms with van der Waals surface area (Å²) in [4.78, 5) is 3.78. The quantitative estimate of drug-likeness (QED) is 0.803. The van der Waals surface area contributed by atoms with Crippen molar-refractivity contribution in [2.24, 2.45) is 0 Å². The van der Waals surface area contributed by atoms with Crippen LogP contribution in [0, 0.1) is 19.7 Å². The molecule has 2 nitrogen and oxygen atoms in total. The number of alkyl halides is 2. The summed E-state index contributed by atoms with van der Waals surface area (Å²) >= 11 is 0. The lowest BCUT2D eigenvalue weighted by molar-refractivity contribution is -0.0901. The van der Waals surface area contributed by atoms with Crippen molar-refractivity contribution in [1.82, 2.24) is 4.98 Å². The number of halogens is 3. The number of nitrogens with zero attached hydrogens (tertiary/aromatic N) is 1. The van der Waals surface area contributed by atoms with Gasteiger partial charge >= 0.3 is 5.92 Å². The van der Waals surface area contributed by atoms with E-state index in [0.717, 1.165) is 5.56 Å². The summed E-state index contributed by atoms with van der Waals surface area (Å²) in [5.74, 6) is -4.07. The van der Waals surface area contributed by atoms with E-state index in [0.29, 0.717) is 5.56 Å². The van der Waals surface area contributed by atoms with Crippen LogP contribution in [-0.4, -0.2) is 11.6 Å². The fourth-order valence-electron chi connectivity index (χ4n) is 2.39. The topological polar surface area (TPSA) is 25.4 Å². The first kappa shape index (κ1) is 14.1. The molecule has 0 unspecified atom stereocenters. The van der Waals surface area contributed by atoms with Gasteiger partial charge in [0.05, 0.1) is 6.61 Å². The van der Waals surface area contributed by atoms with Gasteiger partial charge in [0.15, 0.2) is 5.60 Å². The predicted octanol–water partition coefficient (Wildman–Crippen LogP) is 3.86. The number of benzene rings is 1. The first-order chi connectivity index (χ1) is 9.87. The Hall–Kier alpha value is -1.88. The Bertz CT molecular complexity index is 678. The Labute approximate surface area is 120 Å². The van der Waals surface area contributed by atoms with E-state index >= 15 is 0 Å². The highest BCUT2D eigenvalue weighted by Crippen LogP contribution is 2.56. The zero-order valence-corrected chi connectivity index (χ0v) is 11.7. The van der Waals surface area contributed by atoms with Gasteiger partial charge in [0.1, 0.15) is 11.5 Å². The van der Waals surface area contributed by atoms with E-state index in [1.165, 1.54) is 24.4 Å². The lowest BCUT2D eigenvalue weighted by Gasteiger charge is -2.24. The lowest BCUT2D eigenvalue weighted by Crippen LogP contribution is -2.34. The number of pyridine rings is 1. The van der Waals surface area contributed by atoms with Gasteiger partial charge in [-0.3, -0.25) is 4.98 Å². The van der Waals surface area contributed by atoms with E-state index in [1.54, 1.807) is 26.0 Å². The molecule has 0 aliphatic carbocycles. The Morgan fingerprint density at radius 3 is 2.33 bits per heavy atom. The van der Waals surface area contributed by atoms with Gasteiger partial charge < -0.3 is 4.74 Å². The molecular weight excluding hydrogens is 279 g/mol. The summed E-state index contributed by atoms with van der Waals surface area (Å²) in [6.45, 7) is 3.24. The van der Waals surface area contributed by atoms with Crippen molar-refractivity contribution in [2.45, 2.75) is 25.4 Å². The highest BCUT2D eigenvalue weighted by molar-refractivity contribution is 5.36. The number of aryl methyl sites for hydroxylation is 2. The number of ether oxygens (including phenoxy) is 1. The van der Waals surface area contributed by atoms with Crippen LogP contribution in [0.5, 0.6) is 0 Å². The van der Waals surface area contributed by atoms with Gasteiger partial charge in [-0.05, 0) is 37.1 Å². The molecule has 0 bridgehead atoms. The lowest BCUT2D eigenvalue weighted by atomic mass is 9.89. The molecule has 0 amide bonds. The molecule has 1 aliphatic rings. The Balaban J connectivity index is 2.06. The van der Waals surface area contributed by atoms with Gasteiger partial charge in [-0.1, -0.05) is 18.2 Å². The molecule has 0 radical (unpaired) electrons. The van der Waals surface area contributed by atoms with E-state index in [-0.39, 0.29) is 12.2 Å². The molecule has 3 rings (SSSR count). The van der Waals surface area contributed by atoms with E-state index in [1.807, 2.05) is 0 Å². The smallest absolute Gasteiger partial charge is 0.324 e. The molecule has 0 N–H and O–H groups in total. The predicted molar refractivity (Wildman–Crippen MR) is 71.6 cm³/mol. The Kier molecular flexibility index (Phi) is 3.06. The maximum atomic E-state index is 14.7. The van der Waals surface area contributed by atoms with E-state index in [4.69, 9.17) is 4.74 Å². The maximum absolute atomic E-state index is 14.7. The molecule has 2 aromatic rings. The molecule has 1 fully saturated rings. The molecule has 1 aromatic carbocycles. The van der Waals surface area contributed by atoms with Crippen molar-refractivity contribution in [3.05, 3.63) is 64.7 Å². The van der Waals surface area contributed by atoms with Crippen molar-refractivity contribution in [3.8, 4) is 0 Å². The largest absolute Gasteiger partial charge is 0.357 e. The van der Waals surface area contributed by atoms with Crippen LogP contribution in [-0.2, 0) is 16.3 Å². The van der Waals surface area contributed by atoms with Crippen LogP contribution < -0.4 is 0 Å². The zero-order chi connectivity index (χ0) is 15.3. The van der Waals surface area contributed by atoms with Gasteiger partial charge in [-0.2, -0.15) is 8.78 Å². The minimum Gasteiger partial charge on any atom is -0.357 e. The summed E-state index contributed by atoms with van der Waals surface area (Å²) in [7, 11) is 0. The zero-order valence-electron chi connectivity index (χ0n) is 11.7. The third-order valence-corrected chi connectivity index (χ3v) is 3.73. The van der Waals surface area contributed by atoms with Crippen LogP contribution in [0.15, 0.2) is 36.5 Å². The summed E-state index contributed by atoms with van der Waals surface area (Å²) < 4.78 is 48.6. The van der Waals surface area contributed by atoms with Crippen LogP contribution in [0.1, 0.15) is 22.4 Å². The summed E-state index contributed by atoms with van der Waals surface area (Å²) in [6, 6.07) is 7.00. The minimum atomic E-state index is -3.39.